The molecule has 2 aliphatic heterocycles. The van der Waals surface area contributed by atoms with Crippen LogP contribution in [0.15, 0.2) is 82.6 Å². The van der Waals surface area contributed by atoms with Gasteiger partial charge in [0.25, 0.3) is 0 Å². The Kier molecular flexibility index (Phi) is 6.18. The lowest BCUT2D eigenvalue weighted by molar-refractivity contribution is -0.122. The molecule has 1 N–H and O–H groups in total. The molecule has 0 unspecified atom stereocenters. The van der Waals surface area contributed by atoms with Gasteiger partial charge in [0, 0.05) is 21.4 Å². The number of hydrogen-bond donors (Lipinski definition) is 1. The Morgan fingerprint density at radius 1 is 0.946 bits per heavy atom. The number of aromatic nitrogens is 1. The first-order valence-electron chi connectivity index (χ1n) is 11.7. The number of benzene rings is 3. The van der Waals surface area contributed by atoms with E-state index in [0.717, 1.165) is 27.3 Å². The Morgan fingerprint density at radius 3 is 2.43 bits per heavy atom. The zero-order valence-electron chi connectivity index (χ0n) is 19.6. The van der Waals surface area contributed by atoms with E-state index in [1.165, 1.54) is 22.2 Å². The standard InChI is InChI=1S/C28H21ClN2O4S2/c1-15-6-8-16(9-7-15)14-35-20-5-3-2-4-19(20)21-22-24(36-25-23(21)37-28(34)30-25)27(33)31(26(22)32)18-12-10-17(29)11-13-18/h2-13,21-22,24H,14H2,1H3,(H,30,34)/t21-,22-,24+/m0/s1. The zero-order chi connectivity index (χ0) is 25.7. The first-order valence-corrected chi connectivity index (χ1v) is 13.8. The van der Waals surface area contributed by atoms with Gasteiger partial charge in [0.15, 0.2) is 0 Å². The number of aromatic amines is 1. The number of imide groups is 1. The first-order chi connectivity index (χ1) is 17.9. The third-order valence-electron chi connectivity index (χ3n) is 6.68. The summed E-state index contributed by atoms with van der Waals surface area (Å²) in [7, 11) is 0. The highest BCUT2D eigenvalue weighted by molar-refractivity contribution is 8.00. The number of hydrogen-bond acceptors (Lipinski definition) is 6. The van der Waals surface area contributed by atoms with Gasteiger partial charge in [-0.1, -0.05) is 82.7 Å². The second-order valence-corrected chi connectivity index (χ2v) is 11.7. The van der Waals surface area contributed by atoms with Gasteiger partial charge in [-0.3, -0.25) is 14.4 Å². The Hall–Kier alpha value is -3.33. The number of para-hydroxylation sites is 1. The molecule has 0 bridgehead atoms. The van der Waals surface area contributed by atoms with Gasteiger partial charge < -0.3 is 9.72 Å². The predicted octanol–water partition coefficient (Wildman–Crippen LogP) is 5.77. The van der Waals surface area contributed by atoms with Crippen molar-refractivity contribution in [2.45, 2.75) is 29.7 Å². The number of nitrogens with one attached hydrogen (secondary N) is 1. The maximum Gasteiger partial charge on any atom is 0.305 e. The van der Waals surface area contributed by atoms with Crippen LogP contribution in [-0.2, 0) is 16.2 Å². The average Bonchev–Trinajstić information content (AvgIpc) is 3.39. The molecule has 0 radical (unpaired) electrons. The van der Waals surface area contributed by atoms with Crippen LogP contribution in [-0.4, -0.2) is 22.0 Å². The number of anilines is 1. The molecule has 186 valence electrons. The van der Waals surface area contributed by atoms with Crippen molar-refractivity contribution in [2.75, 3.05) is 4.90 Å². The van der Waals surface area contributed by atoms with Crippen molar-refractivity contribution in [2.24, 2.45) is 5.92 Å². The van der Waals surface area contributed by atoms with Gasteiger partial charge in [-0.25, -0.2) is 4.90 Å². The summed E-state index contributed by atoms with van der Waals surface area (Å²) in [5, 5.41) is 0.483. The molecule has 1 saturated heterocycles. The minimum atomic E-state index is -0.684. The summed E-state index contributed by atoms with van der Waals surface area (Å²) in [6.45, 7) is 2.39. The normalized spacial score (nSPS) is 20.6. The number of aryl methyl sites for hydroxylation is 1. The molecule has 1 aromatic heterocycles. The SMILES string of the molecule is Cc1ccc(COc2ccccc2[C@@H]2c3sc(=O)[nH]c3S[C@H]3C(=O)N(c4ccc(Cl)cc4)C(=O)[C@@H]23)cc1. The fraction of sp³-hybridized carbons (Fsp3) is 0.179. The summed E-state index contributed by atoms with van der Waals surface area (Å²) in [5.74, 6) is -1.17. The Morgan fingerprint density at radius 2 is 1.68 bits per heavy atom. The van der Waals surface area contributed by atoms with Crippen LogP contribution < -0.4 is 14.5 Å². The molecule has 4 aromatic rings. The Labute approximate surface area is 226 Å². The molecule has 3 aromatic carbocycles. The summed E-state index contributed by atoms with van der Waals surface area (Å²) in [5.41, 5.74) is 3.44. The van der Waals surface area contributed by atoms with E-state index in [-0.39, 0.29) is 16.7 Å². The predicted molar refractivity (Wildman–Crippen MR) is 146 cm³/mol. The maximum atomic E-state index is 13.9. The van der Waals surface area contributed by atoms with Crippen molar-refractivity contribution in [1.82, 2.24) is 4.98 Å². The maximum absolute atomic E-state index is 13.9. The van der Waals surface area contributed by atoms with E-state index in [1.807, 2.05) is 55.5 Å². The van der Waals surface area contributed by atoms with Gasteiger partial charge in [0.05, 0.1) is 16.6 Å². The van der Waals surface area contributed by atoms with E-state index in [0.29, 0.717) is 28.1 Å². The van der Waals surface area contributed by atoms with Crippen LogP contribution in [0.4, 0.5) is 5.69 Å². The number of thioether (sulfide) groups is 1. The van der Waals surface area contributed by atoms with E-state index in [2.05, 4.69) is 4.98 Å². The van der Waals surface area contributed by atoms with Crippen molar-refractivity contribution in [3.8, 4) is 5.75 Å². The number of ether oxygens (including phenoxy) is 1. The van der Waals surface area contributed by atoms with Gasteiger partial charge >= 0.3 is 4.87 Å². The first kappa shape index (κ1) is 24.0. The highest BCUT2D eigenvalue weighted by Crippen LogP contribution is 2.54. The molecule has 9 heteroatoms. The van der Waals surface area contributed by atoms with E-state index in [9.17, 15) is 14.4 Å². The molecule has 0 spiro atoms. The smallest absolute Gasteiger partial charge is 0.305 e. The van der Waals surface area contributed by atoms with Gasteiger partial charge in [-0.05, 0) is 42.8 Å². The van der Waals surface area contributed by atoms with Crippen molar-refractivity contribution in [1.29, 1.82) is 0 Å². The van der Waals surface area contributed by atoms with Gasteiger partial charge in [0.1, 0.15) is 17.6 Å². The molecule has 3 atom stereocenters. The van der Waals surface area contributed by atoms with Crippen molar-refractivity contribution < 1.29 is 14.3 Å². The number of carbonyl (C=O) groups is 2. The van der Waals surface area contributed by atoms with Gasteiger partial charge in [-0.15, -0.1) is 0 Å². The van der Waals surface area contributed by atoms with E-state index >= 15 is 0 Å². The summed E-state index contributed by atoms with van der Waals surface area (Å²) in [6, 6.07) is 22.3. The third-order valence-corrected chi connectivity index (χ3v) is 9.33. The topological polar surface area (TPSA) is 79.5 Å². The van der Waals surface area contributed by atoms with Crippen LogP contribution in [0.25, 0.3) is 0 Å². The third kappa shape index (κ3) is 4.29. The number of rotatable bonds is 5. The van der Waals surface area contributed by atoms with Crippen molar-refractivity contribution in [3.63, 3.8) is 0 Å². The molecule has 6 nitrogen and oxygen atoms in total. The lowest BCUT2D eigenvalue weighted by atomic mass is 9.82. The molecule has 0 saturated carbocycles. The van der Waals surface area contributed by atoms with Gasteiger partial charge in [0.2, 0.25) is 11.8 Å². The number of fused-ring (bicyclic) bond motifs is 2. The summed E-state index contributed by atoms with van der Waals surface area (Å²) in [4.78, 5) is 44.5. The molecule has 2 amide bonds. The van der Waals surface area contributed by atoms with Crippen molar-refractivity contribution >= 4 is 52.2 Å². The fourth-order valence-electron chi connectivity index (χ4n) is 4.91. The lowest BCUT2D eigenvalue weighted by Crippen LogP contribution is -2.32. The van der Waals surface area contributed by atoms with E-state index in [1.54, 1.807) is 24.3 Å². The number of thiazole rings is 1. The molecule has 2 aliphatic rings. The molecule has 3 heterocycles. The monoisotopic (exact) mass is 548 g/mol. The minimum absolute atomic E-state index is 0.213. The number of nitrogens with zero attached hydrogens (tertiary/aromatic N) is 1. The number of carbonyl (C=O) groups excluding carboxylic acids is 2. The minimum Gasteiger partial charge on any atom is -0.489 e. The molecular weight excluding hydrogens is 528 g/mol. The highest BCUT2D eigenvalue weighted by Gasteiger charge is 2.56. The largest absolute Gasteiger partial charge is 0.489 e. The molecular formula is C28H21ClN2O4S2. The van der Waals surface area contributed by atoms with Crippen LogP contribution in [0, 0.1) is 12.8 Å². The number of halogens is 1. The van der Waals surface area contributed by atoms with Crippen LogP contribution in [0.3, 0.4) is 0 Å². The second kappa shape index (κ2) is 9.52. The fourth-order valence-corrected chi connectivity index (χ4v) is 7.54. The summed E-state index contributed by atoms with van der Waals surface area (Å²) < 4.78 is 6.26. The summed E-state index contributed by atoms with van der Waals surface area (Å²) >= 11 is 8.37. The van der Waals surface area contributed by atoms with Crippen LogP contribution in [0.1, 0.15) is 27.5 Å². The second-order valence-electron chi connectivity index (χ2n) is 9.05. The van der Waals surface area contributed by atoms with Crippen molar-refractivity contribution in [3.05, 3.63) is 109 Å². The Balaban J connectivity index is 1.41. The van der Waals surface area contributed by atoms with Gasteiger partial charge in [-0.2, -0.15) is 0 Å². The molecule has 0 aliphatic carbocycles. The Bertz CT molecular complexity index is 1560. The number of H-pyrrole nitrogens is 1. The lowest BCUT2D eigenvalue weighted by Gasteiger charge is -2.30. The summed E-state index contributed by atoms with van der Waals surface area (Å²) in [6.07, 6.45) is 0. The molecule has 6 rings (SSSR count). The molecule has 1 fully saturated rings. The van der Waals surface area contributed by atoms with E-state index < -0.39 is 17.1 Å². The number of amides is 2. The quantitative estimate of drug-likeness (QED) is 0.320. The average molecular weight is 549 g/mol. The zero-order valence-corrected chi connectivity index (χ0v) is 22.0. The van der Waals surface area contributed by atoms with Crippen LogP contribution >= 0.6 is 34.7 Å². The highest BCUT2D eigenvalue weighted by atomic mass is 35.5. The van der Waals surface area contributed by atoms with Crippen LogP contribution in [0.2, 0.25) is 5.02 Å². The van der Waals surface area contributed by atoms with E-state index in [4.69, 9.17) is 16.3 Å². The van der Waals surface area contributed by atoms with Crippen LogP contribution in [0.5, 0.6) is 5.75 Å². The molecule has 37 heavy (non-hydrogen) atoms.